The van der Waals surface area contributed by atoms with Crippen molar-refractivity contribution in [1.29, 1.82) is 0 Å². The standard InChI is InChI=1S/C24H25BFNO3/c1-15-13-18(10-12-21(15)26)27-22(28)20-8-6-7-16-14-17(9-11-19(16)20)25-29-23(2,3)24(4,5)30-25/h6-14H,1-5H3,(H,27,28). The molecule has 154 valence electrons. The van der Waals surface area contributed by atoms with E-state index in [0.29, 0.717) is 16.8 Å². The smallest absolute Gasteiger partial charge is 0.399 e. The number of rotatable bonds is 3. The monoisotopic (exact) mass is 405 g/mol. The number of carbonyl (C=O) groups is 1. The number of halogens is 1. The first-order valence-corrected chi connectivity index (χ1v) is 10.0. The van der Waals surface area contributed by atoms with Crippen molar-refractivity contribution in [3.8, 4) is 0 Å². The molecule has 1 N–H and O–H groups in total. The van der Waals surface area contributed by atoms with E-state index in [0.717, 1.165) is 16.2 Å². The van der Waals surface area contributed by atoms with Gasteiger partial charge in [-0.15, -0.1) is 0 Å². The molecule has 0 aliphatic carbocycles. The second kappa shape index (κ2) is 7.22. The fourth-order valence-electron chi connectivity index (χ4n) is 3.55. The van der Waals surface area contributed by atoms with Crippen molar-refractivity contribution in [3.05, 3.63) is 71.5 Å². The van der Waals surface area contributed by atoms with E-state index in [9.17, 15) is 9.18 Å². The number of benzene rings is 3. The third kappa shape index (κ3) is 3.61. The summed E-state index contributed by atoms with van der Waals surface area (Å²) in [7, 11) is -0.459. The summed E-state index contributed by atoms with van der Waals surface area (Å²) in [6.45, 7) is 9.75. The normalized spacial score (nSPS) is 17.3. The van der Waals surface area contributed by atoms with Gasteiger partial charge >= 0.3 is 7.12 Å². The van der Waals surface area contributed by atoms with Gasteiger partial charge in [0.15, 0.2) is 0 Å². The van der Waals surface area contributed by atoms with Crippen LogP contribution in [-0.4, -0.2) is 24.2 Å². The highest BCUT2D eigenvalue weighted by molar-refractivity contribution is 6.62. The predicted molar refractivity (Wildman–Crippen MR) is 119 cm³/mol. The van der Waals surface area contributed by atoms with Crippen molar-refractivity contribution in [3.63, 3.8) is 0 Å². The lowest BCUT2D eigenvalue weighted by Gasteiger charge is -2.32. The Morgan fingerprint density at radius 1 is 0.967 bits per heavy atom. The molecule has 0 spiro atoms. The van der Waals surface area contributed by atoms with E-state index in [1.54, 1.807) is 25.1 Å². The Balaban J connectivity index is 1.63. The lowest BCUT2D eigenvalue weighted by molar-refractivity contribution is 0.00578. The van der Waals surface area contributed by atoms with Gasteiger partial charge in [-0.25, -0.2) is 4.39 Å². The van der Waals surface area contributed by atoms with Crippen LogP contribution in [0.5, 0.6) is 0 Å². The highest BCUT2D eigenvalue weighted by Crippen LogP contribution is 2.36. The summed E-state index contributed by atoms with van der Waals surface area (Å²) in [5.41, 5.74) is 1.67. The Labute approximate surface area is 176 Å². The first-order chi connectivity index (χ1) is 14.1. The number of fused-ring (bicyclic) bond motifs is 1. The fourth-order valence-corrected chi connectivity index (χ4v) is 3.55. The van der Waals surface area contributed by atoms with Gasteiger partial charge in [-0.1, -0.05) is 30.3 Å². The summed E-state index contributed by atoms with van der Waals surface area (Å²) in [5.74, 6) is -0.539. The number of anilines is 1. The Morgan fingerprint density at radius 2 is 1.67 bits per heavy atom. The van der Waals surface area contributed by atoms with Crippen molar-refractivity contribution in [2.45, 2.75) is 45.8 Å². The molecule has 6 heteroatoms. The molecule has 30 heavy (non-hydrogen) atoms. The molecule has 0 aromatic heterocycles. The largest absolute Gasteiger partial charge is 0.494 e. The number of carbonyl (C=O) groups excluding carboxylic acids is 1. The minimum atomic E-state index is -0.459. The summed E-state index contributed by atoms with van der Waals surface area (Å²) in [6.07, 6.45) is 0. The summed E-state index contributed by atoms with van der Waals surface area (Å²) in [6, 6.07) is 16.0. The summed E-state index contributed by atoms with van der Waals surface area (Å²) in [4.78, 5) is 12.9. The van der Waals surface area contributed by atoms with Crippen LogP contribution in [0.1, 0.15) is 43.6 Å². The molecule has 0 saturated carbocycles. The van der Waals surface area contributed by atoms with E-state index < -0.39 is 18.3 Å². The Morgan fingerprint density at radius 3 is 2.33 bits per heavy atom. The molecule has 1 aliphatic heterocycles. The average molecular weight is 405 g/mol. The van der Waals surface area contributed by atoms with E-state index in [-0.39, 0.29) is 11.7 Å². The molecule has 4 nitrogen and oxygen atoms in total. The minimum absolute atomic E-state index is 0.241. The van der Waals surface area contributed by atoms with Crippen LogP contribution in [0.15, 0.2) is 54.6 Å². The van der Waals surface area contributed by atoms with Crippen LogP contribution in [0.2, 0.25) is 0 Å². The molecule has 3 aromatic carbocycles. The van der Waals surface area contributed by atoms with E-state index in [4.69, 9.17) is 9.31 Å². The molecular formula is C24H25BFNO3. The highest BCUT2D eigenvalue weighted by atomic mass is 19.1. The first kappa shape index (κ1) is 20.6. The highest BCUT2D eigenvalue weighted by Gasteiger charge is 2.51. The Hall–Kier alpha value is -2.70. The van der Waals surface area contributed by atoms with E-state index >= 15 is 0 Å². The van der Waals surface area contributed by atoms with Gasteiger partial charge in [-0.05, 0) is 80.7 Å². The lowest BCUT2D eigenvalue weighted by Crippen LogP contribution is -2.41. The zero-order valence-electron chi connectivity index (χ0n) is 17.9. The maximum Gasteiger partial charge on any atom is 0.494 e. The quantitative estimate of drug-likeness (QED) is 0.635. The molecule has 0 atom stereocenters. The fraction of sp³-hybridized carbons (Fsp3) is 0.292. The molecule has 0 radical (unpaired) electrons. The van der Waals surface area contributed by atoms with Crippen LogP contribution in [-0.2, 0) is 9.31 Å². The van der Waals surface area contributed by atoms with Gasteiger partial charge in [0, 0.05) is 11.3 Å². The van der Waals surface area contributed by atoms with Crippen LogP contribution in [0.3, 0.4) is 0 Å². The van der Waals surface area contributed by atoms with Gasteiger partial charge in [0.25, 0.3) is 5.91 Å². The van der Waals surface area contributed by atoms with Gasteiger partial charge < -0.3 is 14.6 Å². The van der Waals surface area contributed by atoms with E-state index in [2.05, 4.69) is 5.32 Å². The van der Waals surface area contributed by atoms with Crippen LogP contribution in [0.4, 0.5) is 10.1 Å². The predicted octanol–water partition coefficient (Wildman–Crippen LogP) is 4.84. The second-order valence-corrected chi connectivity index (χ2v) is 8.79. The van der Waals surface area contributed by atoms with Crippen molar-refractivity contribution < 1.29 is 18.5 Å². The number of nitrogens with one attached hydrogen (secondary N) is 1. The molecular weight excluding hydrogens is 380 g/mol. The van der Waals surface area contributed by atoms with Crippen LogP contribution in [0.25, 0.3) is 10.8 Å². The molecule has 4 rings (SSSR count). The van der Waals surface area contributed by atoms with Crippen molar-refractivity contribution in [1.82, 2.24) is 0 Å². The maximum absolute atomic E-state index is 13.5. The maximum atomic E-state index is 13.5. The van der Waals surface area contributed by atoms with Crippen molar-refractivity contribution in [2.75, 3.05) is 5.32 Å². The van der Waals surface area contributed by atoms with E-state index in [1.807, 2.05) is 58.0 Å². The van der Waals surface area contributed by atoms with Crippen LogP contribution < -0.4 is 10.8 Å². The van der Waals surface area contributed by atoms with Crippen molar-refractivity contribution >= 4 is 34.9 Å². The second-order valence-electron chi connectivity index (χ2n) is 8.79. The number of amides is 1. The van der Waals surface area contributed by atoms with E-state index in [1.165, 1.54) is 6.07 Å². The van der Waals surface area contributed by atoms with Crippen molar-refractivity contribution in [2.24, 2.45) is 0 Å². The SMILES string of the molecule is Cc1cc(NC(=O)c2cccc3cc(B4OC(C)(C)C(C)(C)O4)ccc23)ccc1F. The zero-order chi connectivity index (χ0) is 21.7. The van der Waals surface area contributed by atoms with Gasteiger partial charge in [-0.3, -0.25) is 4.79 Å². The third-order valence-corrected chi connectivity index (χ3v) is 6.09. The molecule has 1 fully saturated rings. The van der Waals surface area contributed by atoms with Gasteiger partial charge in [-0.2, -0.15) is 0 Å². The lowest BCUT2D eigenvalue weighted by atomic mass is 9.78. The third-order valence-electron chi connectivity index (χ3n) is 6.09. The summed E-state index contributed by atoms with van der Waals surface area (Å²) in [5, 5.41) is 4.60. The van der Waals surface area contributed by atoms with Crippen LogP contribution in [0, 0.1) is 12.7 Å². The molecule has 3 aromatic rings. The molecule has 1 aliphatic rings. The topological polar surface area (TPSA) is 47.6 Å². The zero-order valence-corrected chi connectivity index (χ0v) is 17.9. The van der Waals surface area contributed by atoms with Gasteiger partial charge in [0.05, 0.1) is 11.2 Å². The summed E-state index contributed by atoms with van der Waals surface area (Å²) >= 11 is 0. The number of hydrogen-bond acceptors (Lipinski definition) is 3. The molecule has 1 heterocycles. The van der Waals surface area contributed by atoms with Gasteiger partial charge in [0.2, 0.25) is 0 Å². The molecule has 0 bridgehead atoms. The number of hydrogen-bond donors (Lipinski definition) is 1. The minimum Gasteiger partial charge on any atom is -0.399 e. The average Bonchev–Trinajstić information content (AvgIpc) is 2.91. The Kier molecular flexibility index (Phi) is 4.95. The first-order valence-electron chi connectivity index (χ1n) is 10.0. The number of aryl methyl sites for hydroxylation is 1. The molecule has 1 saturated heterocycles. The molecule has 0 unspecified atom stereocenters. The van der Waals surface area contributed by atoms with Crippen LogP contribution >= 0.6 is 0 Å². The molecule has 1 amide bonds. The summed E-state index contributed by atoms with van der Waals surface area (Å²) < 4.78 is 25.8. The van der Waals surface area contributed by atoms with Gasteiger partial charge in [0.1, 0.15) is 5.82 Å². The Bertz CT molecular complexity index is 1130.